The largest absolute Gasteiger partial charge is 0.323 e. The Hall–Kier alpha value is -2.07. The van der Waals surface area contributed by atoms with Crippen molar-refractivity contribution in [2.45, 2.75) is 69.4 Å². The summed E-state index contributed by atoms with van der Waals surface area (Å²) in [6, 6.07) is 0.734. The van der Waals surface area contributed by atoms with Crippen molar-refractivity contribution in [1.29, 1.82) is 0 Å². The van der Waals surface area contributed by atoms with E-state index in [1.807, 2.05) is 6.33 Å². The number of carbonyl (C=O) groups excluding carboxylic acids is 1. The molecule has 34 heavy (non-hydrogen) atoms. The molecule has 0 unspecified atom stereocenters. The monoisotopic (exact) mass is 480 g/mol. The molecule has 2 aromatic heterocycles. The standard InChI is InChI=1S/C24H32N8OS/c33-22(30-11-23(12-30)6-18(7-23)32-15-25-21(27-32)17-4-5-17)31-13-24(14-31)9-29(10-24)8-19-20(26-28-34-19)16-2-1-3-16/h15-18H,1-14H2. The summed E-state index contributed by atoms with van der Waals surface area (Å²) in [7, 11) is 0. The van der Waals surface area contributed by atoms with E-state index in [4.69, 9.17) is 5.10 Å². The van der Waals surface area contributed by atoms with E-state index < -0.39 is 0 Å². The molecular formula is C24H32N8OS. The number of hydrogen-bond acceptors (Lipinski definition) is 7. The van der Waals surface area contributed by atoms with Crippen molar-refractivity contribution >= 4 is 17.6 Å². The Morgan fingerprint density at radius 3 is 2.38 bits per heavy atom. The summed E-state index contributed by atoms with van der Waals surface area (Å²) in [5.41, 5.74) is 1.93. The third kappa shape index (κ3) is 3.10. The summed E-state index contributed by atoms with van der Waals surface area (Å²) in [5.74, 6) is 2.31. The van der Waals surface area contributed by atoms with E-state index in [1.165, 1.54) is 42.7 Å². The van der Waals surface area contributed by atoms with Gasteiger partial charge in [0.1, 0.15) is 6.33 Å². The lowest BCUT2D eigenvalue weighted by Gasteiger charge is -2.63. The third-order valence-electron chi connectivity index (χ3n) is 9.39. The van der Waals surface area contributed by atoms with Gasteiger partial charge in [0.25, 0.3) is 0 Å². The molecule has 10 heteroatoms. The molecule has 2 aromatic rings. The number of carbonyl (C=O) groups is 1. The highest BCUT2D eigenvalue weighted by Gasteiger charge is 2.58. The fourth-order valence-corrected chi connectivity index (χ4v) is 7.88. The van der Waals surface area contributed by atoms with E-state index in [-0.39, 0.29) is 6.03 Å². The highest BCUT2D eigenvalue weighted by atomic mass is 32.1. The van der Waals surface area contributed by atoms with Gasteiger partial charge in [-0.1, -0.05) is 10.9 Å². The van der Waals surface area contributed by atoms with Crippen molar-refractivity contribution in [3.8, 4) is 0 Å². The van der Waals surface area contributed by atoms with Crippen molar-refractivity contribution < 1.29 is 4.79 Å². The second kappa shape index (κ2) is 7.00. The minimum atomic E-state index is 0.258. The first-order chi connectivity index (χ1) is 16.6. The van der Waals surface area contributed by atoms with E-state index in [0.29, 0.717) is 28.7 Å². The molecular weight excluding hydrogens is 448 g/mol. The summed E-state index contributed by atoms with van der Waals surface area (Å²) in [4.78, 5) is 25.5. The topological polar surface area (TPSA) is 83.3 Å². The van der Waals surface area contributed by atoms with Crippen LogP contribution in [0.2, 0.25) is 0 Å². The van der Waals surface area contributed by atoms with Crippen LogP contribution in [-0.4, -0.2) is 84.4 Å². The maximum Gasteiger partial charge on any atom is 0.320 e. The molecule has 8 rings (SSSR count). The molecule has 2 amide bonds. The van der Waals surface area contributed by atoms with Crippen LogP contribution in [0.5, 0.6) is 0 Å². The lowest BCUT2D eigenvalue weighted by atomic mass is 9.60. The normalized spacial score (nSPS) is 27.8. The number of urea groups is 1. The lowest BCUT2D eigenvalue weighted by Crippen LogP contribution is -2.75. The number of nitrogens with zero attached hydrogens (tertiary/aromatic N) is 8. The van der Waals surface area contributed by atoms with Crippen molar-refractivity contribution in [3.63, 3.8) is 0 Å². The molecule has 3 aliphatic carbocycles. The van der Waals surface area contributed by atoms with Gasteiger partial charge < -0.3 is 9.80 Å². The highest BCUT2D eigenvalue weighted by Crippen LogP contribution is 2.54. The summed E-state index contributed by atoms with van der Waals surface area (Å²) < 4.78 is 6.32. The summed E-state index contributed by atoms with van der Waals surface area (Å²) in [6.45, 7) is 6.88. The van der Waals surface area contributed by atoms with Gasteiger partial charge in [0.15, 0.2) is 5.82 Å². The van der Waals surface area contributed by atoms with E-state index in [9.17, 15) is 4.79 Å². The molecule has 180 valence electrons. The molecule has 3 aliphatic heterocycles. The number of aromatic nitrogens is 5. The van der Waals surface area contributed by atoms with Crippen LogP contribution in [0.3, 0.4) is 0 Å². The molecule has 6 aliphatic rings. The molecule has 6 fully saturated rings. The number of rotatable bonds is 5. The summed E-state index contributed by atoms with van der Waals surface area (Å²) in [5, 5.41) is 9.13. The van der Waals surface area contributed by atoms with Gasteiger partial charge in [-0.2, -0.15) is 5.10 Å². The van der Waals surface area contributed by atoms with Gasteiger partial charge in [-0.15, -0.1) is 5.10 Å². The fourth-order valence-electron chi connectivity index (χ4n) is 7.11. The smallest absolute Gasteiger partial charge is 0.320 e. The van der Waals surface area contributed by atoms with Crippen LogP contribution in [-0.2, 0) is 6.54 Å². The van der Waals surface area contributed by atoms with Crippen LogP contribution in [0.4, 0.5) is 4.79 Å². The SMILES string of the molecule is O=C(N1CC2(CC(n3cnc(C4CC4)n3)C2)C1)N1CC2(CN(Cc3snnc3C3CCC3)C2)C1. The van der Waals surface area contributed by atoms with Gasteiger partial charge in [0, 0.05) is 68.5 Å². The first-order valence-corrected chi connectivity index (χ1v) is 13.8. The fraction of sp³-hybridized carbons (Fsp3) is 0.792. The van der Waals surface area contributed by atoms with Crippen LogP contribution in [0, 0.1) is 10.8 Å². The average molecular weight is 481 g/mol. The van der Waals surface area contributed by atoms with Gasteiger partial charge in [-0.3, -0.25) is 4.90 Å². The Kier molecular flexibility index (Phi) is 4.15. The summed E-state index contributed by atoms with van der Waals surface area (Å²) >= 11 is 1.58. The molecule has 5 heterocycles. The zero-order valence-electron chi connectivity index (χ0n) is 19.6. The molecule has 0 aromatic carbocycles. The second-order valence-corrected chi connectivity index (χ2v) is 13.1. The predicted molar refractivity (Wildman–Crippen MR) is 125 cm³/mol. The minimum Gasteiger partial charge on any atom is -0.323 e. The minimum absolute atomic E-state index is 0.258. The lowest BCUT2D eigenvalue weighted by molar-refractivity contribution is -0.120. The molecule has 9 nitrogen and oxygen atoms in total. The van der Waals surface area contributed by atoms with E-state index >= 15 is 0 Å². The maximum absolute atomic E-state index is 13.0. The predicted octanol–water partition coefficient (Wildman–Crippen LogP) is 2.85. The Bertz CT molecular complexity index is 1110. The van der Waals surface area contributed by atoms with Crippen LogP contribution >= 0.6 is 11.5 Å². The van der Waals surface area contributed by atoms with Gasteiger partial charge in [-0.05, 0) is 50.1 Å². The molecule has 3 saturated carbocycles. The van der Waals surface area contributed by atoms with Gasteiger partial charge in [0.05, 0.1) is 16.6 Å². The van der Waals surface area contributed by atoms with Gasteiger partial charge in [-0.25, -0.2) is 14.5 Å². The first kappa shape index (κ1) is 20.2. The number of likely N-dealkylation sites (tertiary alicyclic amines) is 3. The van der Waals surface area contributed by atoms with Crippen molar-refractivity contribution in [3.05, 3.63) is 22.7 Å². The second-order valence-electron chi connectivity index (χ2n) is 12.3. The Morgan fingerprint density at radius 1 is 0.971 bits per heavy atom. The molecule has 2 spiro atoms. The number of amides is 2. The summed E-state index contributed by atoms with van der Waals surface area (Å²) in [6.07, 6.45) is 10.6. The average Bonchev–Trinajstić information content (AvgIpc) is 3.23. The van der Waals surface area contributed by atoms with Crippen LogP contribution in [0.15, 0.2) is 6.33 Å². The molecule has 0 atom stereocenters. The first-order valence-electron chi connectivity index (χ1n) is 13.1. The van der Waals surface area contributed by atoms with Crippen molar-refractivity contribution in [2.24, 2.45) is 10.8 Å². The third-order valence-corrected chi connectivity index (χ3v) is 10.1. The zero-order chi connectivity index (χ0) is 22.5. The Balaban J connectivity index is 0.789. The molecule has 0 radical (unpaired) electrons. The van der Waals surface area contributed by atoms with E-state index in [0.717, 1.165) is 64.5 Å². The molecule has 0 N–H and O–H groups in total. The maximum atomic E-state index is 13.0. The Morgan fingerprint density at radius 2 is 1.71 bits per heavy atom. The van der Waals surface area contributed by atoms with Crippen molar-refractivity contribution in [1.82, 2.24) is 39.1 Å². The quantitative estimate of drug-likeness (QED) is 0.655. The van der Waals surface area contributed by atoms with Gasteiger partial charge >= 0.3 is 6.03 Å². The molecule has 0 bridgehead atoms. The van der Waals surface area contributed by atoms with Crippen molar-refractivity contribution in [2.75, 3.05) is 39.3 Å². The Labute approximate surface area is 203 Å². The van der Waals surface area contributed by atoms with Gasteiger partial charge in [0.2, 0.25) is 0 Å². The van der Waals surface area contributed by atoms with E-state index in [1.54, 1.807) is 11.5 Å². The van der Waals surface area contributed by atoms with E-state index in [2.05, 4.69) is 34.0 Å². The van der Waals surface area contributed by atoms with Crippen LogP contribution in [0.25, 0.3) is 0 Å². The number of hydrogen-bond donors (Lipinski definition) is 0. The zero-order valence-corrected chi connectivity index (χ0v) is 20.4. The molecule has 3 saturated heterocycles. The van der Waals surface area contributed by atoms with Crippen LogP contribution < -0.4 is 0 Å². The van der Waals surface area contributed by atoms with Crippen LogP contribution in [0.1, 0.15) is 79.2 Å². The highest BCUT2D eigenvalue weighted by molar-refractivity contribution is 7.05.